The molecule has 0 saturated carbocycles. The summed E-state index contributed by atoms with van der Waals surface area (Å²) >= 11 is 0. The summed E-state index contributed by atoms with van der Waals surface area (Å²) in [6, 6.07) is 48.0. The smallest absolute Gasteiger partial charge is 0.410 e. The van der Waals surface area contributed by atoms with Gasteiger partial charge in [0, 0.05) is 0 Å². The Morgan fingerprint density at radius 1 is 0.381 bits per heavy atom. The largest absolute Gasteiger partial charge is 0.424 e. The Hall–Kier alpha value is -5.88. The number of fused-ring (bicyclic) bond motifs is 1. The van der Waals surface area contributed by atoms with Crippen LogP contribution in [-0.4, -0.2) is 12.2 Å². The Balaban J connectivity index is 1.26. The second-order valence-corrected chi connectivity index (χ2v) is 9.42. The van der Waals surface area contributed by atoms with Gasteiger partial charge in [-0.3, -0.25) is 0 Å². The number of amides is 2. The van der Waals surface area contributed by atoms with Crippen molar-refractivity contribution in [3.8, 4) is 11.5 Å². The zero-order valence-electron chi connectivity index (χ0n) is 22.5. The summed E-state index contributed by atoms with van der Waals surface area (Å²) in [5.41, 5.74) is 2.74. The second kappa shape index (κ2) is 12.1. The maximum absolute atomic E-state index is 13.4. The molecule has 0 spiro atoms. The molecule has 6 aromatic carbocycles. The molecule has 2 amide bonds. The van der Waals surface area contributed by atoms with Gasteiger partial charge < -0.3 is 9.47 Å². The Morgan fingerprint density at radius 3 is 1.00 bits per heavy atom. The third kappa shape index (κ3) is 5.83. The fourth-order valence-corrected chi connectivity index (χ4v) is 4.65. The number of carbonyl (C=O) groups is 2. The molecule has 0 unspecified atom stereocenters. The van der Waals surface area contributed by atoms with E-state index in [9.17, 15) is 9.59 Å². The van der Waals surface area contributed by atoms with E-state index < -0.39 is 12.2 Å². The minimum absolute atomic E-state index is 0.364. The average Bonchev–Trinajstić information content (AvgIpc) is 3.03. The molecule has 204 valence electrons. The number of hydrogen-bond donors (Lipinski definition) is 0. The summed E-state index contributed by atoms with van der Waals surface area (Å²) in [4.78, 5) is 29.9. The molecule has 6 nitrogen and oxygen atoms in total. The summed E-state index contributed by atoms with van der Waals surface area (Å²) in [7, 11) is 0. The number of ether oxygens (including phenoxy) is 2. The monoisotopic (exact) mass is 550 g/mol. The molecular formula is C36H26N2O4. The lowest BCUT2D eigenvalue weighted by Crippen LogP contribution is -2.29. The van der Waals surface area contributed by atoms with Crippen LogP contribution >= 0.6 is 0 Å². The summed E-state index contributed by atoms with van der Waals surface area (Å²) < 4.78 is 11.7. The van der Waals surface area contributed by atoms with Gasteiger partial charge in [-0.25, -0.2) is 19.4 Å². The van der Waals surface area contributed by atoms with E-state index in [1.165, 1.54) is 9.80 Å². The van der Waals surface area contributed by atoms with Crippen LogP contribution in [0.15, 0.2) is 158 Å². The highest BCUT2D eigenvalue weighted by atomic mass is 16.6. The van der Waals surface area contributed by atoms with Gasteiger partial charge in [-0.15, -0.1) is 0 Å². The second-order valence-electron chi connectivity index (χ2n) is 9.42. The number of carbonyl (C=O) groups excluding carboxylic acids is 2. The van der Waals surface area contributed by atoms with E-state index in [2.05, 4.69) is 0 Å². The normalized spacial score (nSPS) is 10.6. The maximum atomic E-state index is 13.4. The molecule has 0 radical (unpaired) electrons. The molecule has 0 heterocycles. The lowest BCUT2D eigenvalue weighted by atomic mass is 10.1. The van der Waals surface area contributed by atoms with Crippen LogP contribution in [-0.2, 0) is 0 Å². The highest BCUT2D eigenvalue weighted by molar-refractivity contribution is 5.99. The molecule has 0 N–H and O–H groups in total. The standard InChI is InChI=1S/C36H26N2O4/c39-35(37(29-13-5-1-6-14-29)30-15-7-2-8-16-30)41-33-23-21-27-22-24-34(26-28(27)25-33)42-36(40)38(31-17-9-3-10-18-31)32-19-11-4-12-20-32/h1-26H. The average molecular weight is 551 g/mol. The van der Waals surface area contributed by atoms with Crippen LogP contribution in [0.2, 0.25) is 0 Å². The van der Waals surface area contributed by atoms with E-state index in [1.807, 2.05) is 133 Å². The highest BCUT2D eigenvalue weighted by Gasteiger charge is 2.22. The van der Waals surface area contributed by atoms with Gasteiger partial charge in [-0.05, 0) is 83.6 Å². The van der Waals surface area contributed by atoms with Crippen LogP contribution in [0, 0.1) is 0 Å². The lowest BCUT2D eigenvalue weighted by Gasteiger charge is -2.22. The van der Waals surface area contributed by atoms with Crippen molar-refractivity contribution in [2.24, 2.45) is 0 Å². The Bertz CT molecular complexity index is 1600. The number of rotatable bonds is 6. The van der Waals surface area contributed by atoms with E-state index >= 15 is 0 Å². The molecule has 6 heteroatoms. The van der Waals surface area contributed by atoms with Crippen molar-refractivity contribution in [2.75, 3.05) is 9.80 Å². The van der Waals surface area contributed by atoms with Crippen LogP contribution in [0.1, 0.15) is 0 Å². The molecule has 0 aromatic heterocycles. The molecule has 6 aromatic rings. The zero-order chi connectivity index (χ0) is 28.7. The predicted octanol–water partition coefficient (Wildman–Crippen LogP) is 9.51. The first-order chi connectivity index (χ1) is 20.7. The molecule has 42 heavy (non-hydrogen) atoms. The quantitative estimate of drug-likeness (QED) is 0.207. The Morgan fingerprint density at radius 2 is 0.690 bits per heavy atom. The van der Waals surface area contributed by atoms with Crippen molar-refractivity contribution in [3.05, 3.63) is 158 Å². The number of benzene rings is 6. The molecule has 0 atom stereocenters. The molecule has 0 aliphatic rings. The van der Waals surface area contributed by atoms with E-state index in [0.29, 0.717) is 34.2 Å². The minimum atomic E-state index is -0.546. The highest BCUT2D eigenvalue weighted by Crippen LogP contribution is 2.31. The van der Waals surface area contributed by atoms with Crippen LogP contribution < -0.4 is 19.3 Å². The van der Waals surface area contributed by atoms with Crippen LogP contribution in [0.25, 0.3) is 10.8 Å². The van der Waals surface area contributed by atoms with Crippen molar-refractivity contribution in [3.63, 3.8) is 0 Å². The van der Waals surface area contributed by atoms with E-state index in [1.54, 1.807) is 24.3 Å². The van der Waals surface area contributed by atoms with Crippen molar-refractivity contribution in [2.45, 2.75) is 0 Å². The van der Waals surface area contributed by atoms with Crippen LogP contribution in [0.4, 0.5) is 32.3 Å². The fourth-order valence-electron chi connectivity index (χ4n) is 4.65. The van der Waals surface area contributed by atoms with Crippen molar-refractivity contribution in [1.82, 2.24) is 0 Å². The van der Waals surface area contributed by atoms with Gasteiger partial charge in [0.05, 0.1) is 22.7 Å². The van der Waals surface area contributed by atoms with E-state index in [0.717, 1.165) is 10.8 Å². The molecule has 6 rings (SSSR count). The van der Waals surface area contributed by atoms with Crippen LogP contribution in [0.3, 0.4) is 0 Å². The van der Waals surface area contributed by atoms with Crippen molar-refractivity contribution >= 4 is 45.7 Å². The number of hydrogen-bond acceptors (Lipinski definition) is 4. The lowest BCUT2D eigenvalue weighted by molar-refractivity contribution is 0.209. The van der Waals surface area contributed by atoms with E-state index in [-0.39, 0.29) is 0 Å². The van der Waals surface area contributed by atoms with Gasteiger partial charge >= 0.3 is 12.2 Å². The molecule has 0 aliphatic heterocycles. The number of anilines is 4. The molecule has 0 fully saturated rings. The summed E-state index contributed by atoms with van der Waals surface area (Å²) in [5.74, 6) is 0.728. The Labute approximate surface area is 243 Å². The summed E-state index contributed by atoms with van der Waals surface area (Å²) in [5, 5.41) is 1.66. The molecule has 0 bridgehead atoms. The number of nitrogens with zero attached hydrogens (tertiary/aromatic N) is 2. The Kier molecular flexibility index (Phi) is 7.59. The van der Waals surface area contributed by atoms with E-state index in [4.69, 9.17) is 9.47 Å². The van der Waals surface area contributed by atoms with Gasteiger partial charge in [0.25, 0.3) is 0 Å². The zero-order valence-corrected chi connectivity index (χ0v) is 22.5. The molecule has 0 aliphatic carbocycles. The molecular weight excluding hydrogens is 524 g/mol. The predicted molar refractivity (Wildman–Crippen MR) is 166 cm³/mol. The topological polar surface area (TPSA) is 59.1 Å². The van der Waals surface area contributed by atoms with Gasteiger partial charge in [-0.2, -0.15) is 0 Å². The first kappa shape index (κ1) is 26.3. The summed E-state index contributed by atoms with van der Waals surface area (Å²) in [6.45, 7) is 0. The first-order valence-corrected chi connectivity index (χ1v) is 13.4. The van der Waals surface area contributed by atoms with Crippen molar-refractivity contribution < 1.29 is 19.1 Å². The van der Waals surface area contributed by atoms with Gasteiger partial charge in [-0.1, -0.05) is 84.9 Å². The molecule has 0 saturated heterocycles. The van der Waals surface area contributed by atoms with Gasteiger partial charge in [0.15, 0.2) is 0 Å². The fraction of sp³-hybridized carbons (Fsp3) is 0. The third-order valence-corrected chi connectivity index (χ3v) is 6.62. The third-order valence-electron chi connectivity index (χ3n) is 6.62. The number of para-hydroxylation sites is 4. The SMILES string of the molecule is O=C(Oc1ccc2ccc(OC(=O)N(c3ccccc3)c3ccccc3)cc2c1)N(c1ccccc1)c1ccccc1. The van der Waals surface area contributed by atoms with Gasteiger partial charge in [0.2, 0.25) is 0 Å². The van der Waals surface area contributed by atoms with Crippen molar-refractivity contribution in [1.29, 1.82) is 0 Å². The summed E-state index contributed by atoms with van der Waals surface area (Å²) in [6.07, 6.45) is -1.09. The van der Waals surface area contributed by atoms with Crippen LogP contribution in [0.5, 0.6) is 11.5 Å². The van der Waals surface area contributed by atoms with Gasteiger partial charge in [0.1, 0.15) is 11.5 Å². The maximum Gasteiger partial charge on any atom is 0.424 e. The first-order valence-electron chi connectivity index (χ1n) is 13.4. The minimum Gasteiger partial charge on any atom is -0.410 e.